The first kappa shape index (κ1) is 12.3. The summed E-state index contributed by atoms with van der Waals surface area (Å²) in [7, 11) is 0. The van der Waals surface area contributed by atoms with Crippen molar-refractivity contribution in [2.24, 2.45) is 0 Å². The van der Waals surface area contributed by atoms with E-state index in [9.17, 15) is 9.59 Å². The van der Waals surface area contributed by atoms with Gasteiger partial charge in [0.25, 0.3) is 0 Å². The number of carbonyl (C=O) groups is 2. The predicted molar refractivity (Wildman–Crippen MR) is 63.8 cm³/mol. The summed E-state index contributed by atoms with van der Waals surface area (Å²) >= 11 is 0. The minimum atomic E-state index is -0.595. The number of ether oxygens (including phenoxy) is 1. The number of esters is 1. The van der Waals surface area contributed by atoms with E-state index in [-0.39, 0.29) is 5.78 Å². The van der Waals surface area contributed by atoms with E-state index in [2.05, 4.69) is 0 Å². The number of benzene rings is 1. The number of hydrogen-bond acceptors (Lipinski definition) is 4. The molecule has 0 aliphatic heterocycles. The SMILES string of the molecule is N#Cc1ccc(C(=O)O[C@@H]2CCCCC2=O)cc1. The van der Waals surface area contributed by atoms with Gasteiger partial charge in [0.05, 0.1) is 17.2 Å². The molecule has 0 heterocycles. The Hall–Kier alpha value is -2.15. The highest BCUT2D eigenvalue weighted by Crippen LogP contribution is 2.18. The van der Waals surface area contributed by atoms with E-state index < -0.39 is 12.1 Å². The van der Waals surface area contributed by atoms with Crippen LogP contribution in [0.2, 0.25) is 0 Å². The molecule has 1 fully saturated rings. The van der Waals surface area contributed by atoms with Gasteiger partial charge in [0.2, 0.25) is 0 Å². The maximum absolute atomic E-state index is 11.8. The number of nitrogens with zero attached hydrogens (tertiary/aromatic N) is 1. The van der Waals surface area contributed by atoms with Crippen LogP contribution in [-0.2, 0) is 9.53 Å². The Morgan fingerprint density at radius 2 is 2.00 bits per heavy atom. The number of nitriles is 1. The van der Waals surface area contributed by atoms with E-state index in [1.54, 1.807) is 12.1 Å². The van der Waals surface area contributed by atoms with Gasteiger partial charge in [-0.3, -0.25) is 4.79 Å². The van der Waals surface area contributed by atoms with Crippen molar-refractivity contribution < 1.29 is 14.3 Å². The smallest absolute Gasteiger partial charge is 0.338 e. The van der Waals surface area contributed by atoms with Gasteiger partial charge in [-0.25, -0.2) is 4.79 Å². The van der Waals surface area contributed by atoms with E-state index in [1.165, 1.54) is 12.1 Å². The highest BCUT2D eigenvalue weighted by Gasteiger charge is 2.26. The van der Waals surface area contributed by atoms with Crippen LogP contribution in [0.4, 0.5) is 0 Å². The minimum absolute atomic E-state index is 0.00300. The third-order valence-corrected chi connectivity index (χ3v) is 3.00. The molecule has 1 aromatic rings. The molecule has 1 aliphatic rings. The highest BCUT2D eigenvalue weighted by molar-refractivity contribution is 5.93. The Balaban J connectivity index is 2.02. The second-order valence-electron chi connectivity index (χ2n) is 4.30. The van der Waals surface area contributed by atoms with Crippen molar-refractivity contribution in [3.05, 3.63) is 35.4 Å². The van der Waals surface area contributed by atoms with Gasteiger partial charge in [-0.15, -0.1) is 0 Å². The molecule has 0 spiro atoms. The van der Waals surface area contributed by atoms with E-state index >= 15 is 0 Å². The summed E-state index contributed by atoms with van der Waals surface area (Å²) in [6.07, 6.45) is 2.30. The summed E-state index contributed by atoms with van der Waals surface area (Å²) in [5, 5.41) is 8.65. The fourth-order valence-corrected chi connectivity index (χ4v) is 1.95. The summed E-state index contributed by atoms with van der Waals surface area (Å²) in [4.78, 5) is 23.3. The highest BCUT2D eigenvalue weighted by atomic mass is 16.5. The van der Waals surface area contributed by atoms with E-state index in [1.807, 2.05) is 6.07 Å². The minimum Gasteiger partial charge on any atom is -0.451 e. The summed E-state index contributed by atoms with van der Waals surface area (Å²) in [6, 6.07) is 8.16. The second kappa shape index (κ2) is 5.46. The fourth-order valence-electron chi connectivity index (χ4n) is 1.95. The Kier molecular flexibility index (Phi) is 3.73. The molecule has 1 atom stereocenters. The number of carbonyl (C=O) groups excluding carboxylic acids is 2. The fraction of sp³-hybridized carbons (Fsp3) is 0.357. The lowest BCUT2D eigenvalue weighted by atomic mass is 9.96. The molecule has 4 nitrogen and oxygen atoms in total. The van der Waals surface area contributed by atoms with Crippen molar-refractivity contribution in [2.45, 2.75) is 31.8 Å². The molecule has 4 heteroatoms. The van der Waals surface area contributed by atoms with Gasteiger partial charge in [0.15, 0.2) is 11.9 Å². The molecule has 92 valence electrons. The largest absolute Gasteiger partial charge is 0.451 e. The van der Waals surface area contributed by atoms with Crippen LogP contribution in [0.15, 0.2) is 24.3 Å². The predicted octanol–water partition coefficient (Wildman–Crippen LogP) is 2.23. The number of rotatable bonds is 2. The lowest BCUT2D eigenvalue weighted by molar-refractivity contribution is -0.129. The van der Waals surface area contributed by atoms with Crippen LogP contribution >= 0.6 is 0 Å². The van der Waals surface area contributed by atoms with Gasteiger partial charge in [0.1, 0.15) is 0 Å². The second-order valence-corrected chi connectivity index (χ2v) is 4.30. The van der Waals surface area contributed by atoms with Gasteiger partial charge < -0.3 is 4.74 Å². The maximum Gasteiger partial charge on any atom is 0.338 e. The molecule has 0 bridgehead atoms. The Labute approximate surface area is 105 Å². The van der Waals surface area contributed by atoms with E-state index in [4.69, 9.17) is 10.00 Å². The molecule has 1 aromatic carbocycles. The van der Waals surface area contributed by atoms with Gasteiger partial charge in [0, 0.05) is 6.42 Å². The van der Waals surface area contributed by atoms with Crippen LogP contribution in [-0.4, -0.2) is 17.9 Å². The van der Waals surface area contributed by atoms with Gasteiger partial charge in [-0.2, -0.15) is 5.26 Å². The summed E-state index contributed by atoms with van der Waals surface area (Å²) in [5.74, 6) is -0.497. The summed E-state index contributed by atoms with van der Waals surface area (Å²) in [5.41, 5.74) is 0.854. The van der Waals surface area contributed by atoms with Crippen LogP contribution in [0.25, 0.3) is 0 Å². The van der Waals surface area contributed by atoms with Crippen molar-refractivity contribution in [1.29, 1.82) is 5.26 Å². The molecular formula is C14H13NO3. The number of ketones is 1. The summed E-state index contributed by atoms with van der Waals surface area (Å²) in [6.45, 7) is 0. The quantitative estimate of drug-likeness (QED) is 0.747. The molecule has 0 amide bonds. The van der Waals surface area contributed by atoms with Crippen LogP contribution in [0.1, 0.15) is 41.6 Å². The molecule has 0 radical (unpaired) electrons. The average molecular weight is 243 g/mol. The van der Waals surface area contributed by atoms with Crippen molar-refractivity contribution in [2.75, 3.05) is 0 Å². The van der Waals surface area contributed by atoms with Crippen molar-refractivity contribution in [3.8, 4) is 6.07 Å². The first-order chi connectivity index (χ1) is 8.70. The zero-order chi connectivity index (χ0) is 13.0. The van der Waals surface area contributed by atoms with Crippen molar-refractivity contribution in [1.82, 2.24) is 0 Å². The third-order valence-electron chi connectivity index (χ3n) is 3.00. The van der Waals surface area contributed by atoms with E-state index in [0.717, 1.165) is 12.8 Å². The standard InChI is InChI=1S/C14H13NO3/c15-9-10-5-7-11(8-6-10)14(17)18-13-4-2-1-3-12(13)16/h5-8,13H,1-4H2/t13-/m1/s1. The van der Waals surface area contributed by atoms with Crippen LogP contribution < -0.4 is 0 Å². The molecule has 0 aromatic heterocycles. The number of Topliss-reactive ketones (excluding diaryl/α,β-unsaturated/α-hetero) is 1. The molecule has 0 saturated heterocycles. The molecule has 1 aliphatic carbocycles. The number of hydrogen-bond donors (Lipinski definition) is 0. The van der Waals surface area contributed by atoms with Gasteiger partial charge >= 0.3 is 5.97 Å². The molecule has 0 unspecified atom stereocenters. The van der Waals surface area contributed by atoms with Crippen LogP contribution in [0, 0.1) is 11.3 Å². The monoisotopic (exact) mass is 243 g/mol. The molecule has 2 rings (SSSR count). The molecule has 18 heavy (non-hydrogen) atoms. The normalized spacial score (nSPS) is 19.1. The Bertz CT molecular complexity index is 499. The van der Waals surface area contributed by atoms with Crippen molar-refractivity contribution >= 4 is 11.8 Å². The lowest BCUT2D eigenvalue weighted by Gasteiger charge is -2.20. The molecule has 0 N–H and O–H groups in total. The van der Waals surface area contributed by atoms with Gasteiger partial charge in [-0.1, -0.05) is 0 Å². The lowest BCUT2D eigenvalue weighted by Crippen LogP contribution is -2.30. The summed E-state index contributed by atoms with van der Waals surface area (Å²) < 4.78 is 5.19. The average Bonchev–Trinajstić information content (AvgIpc) is 2.41. The van der Waals surface area contributed by atoms with Crippen LogP contribution in [0.3, 0.4) is 0 Å². The first-order valence-electron chi connectivity index (χ1n) is 5.94. The molecule has 1 saturated carbocycles. The molecular weight excluding hydrogens is 230 g/mol. The van der Waals surface area contributed by atoms with Gasteiger partial charge in [-0.05, 0) is 43.5 Å². The Morgan fingerprint density at radius 3 is 2.61 bits per heavy atom. The first-order valence-corrected chi connectivity index (χ1v) is 5.94. The van der Waals surface area contributed by atoms with E-state index in [0.29, 0.717) is 24.0 Å². The Morgan fingerprint density at radius 1 is 1.28 bits per heavy atom. The zero-order valence-corrected chi connectivity index (χ0v) is 9.89. The zero-order valence-electron chi connectivity index (χ0n) is 9.89. The topological polar surface area (TPSA) is 67.2 Å². The van der Waals surface area contributed by atoms with Crippen molar-refractivity contribution in [3.63, 3.8) is 0 Å². The van der Waals surface area contributed by atoms with Crippen LogP contribution in [0.5, 0.6) is 0 Å². The third kappa shape index (κ3) is 2.75. The maximum atomic E-state index is 11.8.